The van der Waals surface area contributed by atoms with E-state index in [9.17, 15) is 0 Å². The summed E-state index contributed by atoms with van der Waals surface area (Å²) in [4.78, 5) is 8.46. The Morgan fingerprint density at radius 2 is 2.41 bits per heavy atom. The number of nitrogens with zero attached hydrogens (tertiary/aromatic N) is 2. The molecule has 1 unspecified atom stereocenters. The predicted octanol–water partition coefficient (Wildman–Crippen LogP) is 0.340. The summed E-state index contributed by atoms with van der Waals surface area (Å²) in [7, 11) is 0. The molecule has 2 heterocycles. The third kappa shape index (κ3) is 3.24. The summed E-state index contributed by atoms with van der Waals surface area (Å²) in [6, 6.07) is 2.01. The molecule has 1 aromatic rings. The molecule has 2 rings (SSSR count). The summed E-state index contributed by atoms with van der Waals surface area (Å²) in [6.45, 7) is 4.52. The van der Waals surface area contributed by atoms with Gasteiger partial charge in [-0.15, -0.1) is 0 Å². The van der Waals surface area contributed by atoms with Crippen LogP contribution in [0.5, 0.6) is 0 Å². The average Bonchev–Trinajstić information content (AvgIpc) is 2.63. The van der Waals surface area contributed by atoms with Gasteiger partial charge in [-0.1, -0.05) is 0 Å². The first-order valence-electron chi connectivity index (χ1n) is 5.59. The zero-order chi connectivity index (χ0) is 12.3. The highest BCUT2D eigenvalue weighted by molar-refractivity contribution is 5.99. The van der Waals surface area contributed by atoms with Gasteiger partial charge in [-0.3, -0.25) is 10.3 Å². The normalized spacial score (nSPS) is 21.9. The van der Waals surface area contributed by atoms with Crippen LogP contribution in [-0.4, -0.2) is 24.6 Å². The molecule has 1 atom stereocenters. The van der Waals surface area contributed by atoms with E-state index in [2.05, 4.69) is 20.6 Å². The number of aliphatic imine (C=N–C) groups is 2. The van der Waals surface area contributed by atoms with Crippen molar-refractivity contribution in [3.8, 4) is 0 Å². The van der Waals surface area contributed by atoms with E-state index >= 15 is 0 Å². The first kappa shape index (κ1) is 11.5. The molecule has 0 aromatic carbocycles. The van der Waals surface area contributed by atoms with E-state index in [1.54, 1.807) is 6.26 Å². The molecule has 92 valence electrons. The van der Waals surface area contributed by atoms with E-state index in [1.807, 2.05) is 19.9 Å². The zero-order valence-electron chi connectivity index (χ0n) is 10.0. The molecule has 1 aliphatic rings. The second-order valence-electron chi connectivity index (χ2n) is 4.01. The summed E-state index contributed by atoms with van der Waals surface area (Å²) >= 11 is 0. The lowest BCUT2D eigenvalue weighted by Gasteiger charge is -2.20. The topological polar surface area (TPSA) is 87.9 Å². The minimum Gasteiger partial charge on any atom is -0.469 e. The van der Waals surface area contributed by atoms with Crippen molar-refractivity contribution in [3.05, 3.63) is 23.7 Å². The molecule has 0 bridgehead atoms. The third-order valence-electron chi connectivity index (χ3n) is 2.38. The smallest absolute Gasteiger partial charge is 0.199 e. The highest BCUT2D eigenvalue weighted by atomic mass is 16.3. The van der Waals surface area contributed by atoms with E-state index < -0.39 is 0 Å². The standard InChI is InChI=1S/C11H17N5O/c1-7-5-9(6-17-7)3-4-13-11-15-8(2)14-10(12)16-11/h5-6,8H,3-4H2,1-2H3,(H4,12,13,14,15,16). The second-order valence-corrected chi connectivity index (χ2v) is 4.01. The minimum atomic E-state index is -0.0360. The van der Waals surface area contributed by atoms with Gasteiger partial charge in [-0.05, 0) is 31.9 Å². The molecule has 6 nitrogen and oxygen atoms in total. The molecule has 0 aliphatic carbocycles. The van der Waals surface area contributed by atoms with E-state index in [4.69, 9.17) is 10.2 Å². The number of rotatable bonds is 3. The van der Waals surface area contributed by atoms with E-state index in [0.29, 0.717) is 18.5 Å². The molecule has 0 saturated heterocycles. The maximum atomic E-state index is 5.60. The molecule has 17 heavy (non-hydrogen) atoms. The maximum Gasteiger partial charge on any atom is 0.199 e. The molecule has 0 amide bonds. The van der Waals surface area contributed by atoms with Gasteiger partial charge in [0.05, 0.1) is 6.26 Å². The quantitative estimate of drug-likeness (QED) is 0.705. The Morgan fingerprint density at radius 3 is 3.06 bits per heavy atom. The Kier molecular flexibility index (Phi) is 3.32. The molecule has 1 aromatic heterocycles. The molecule has 6 heteroatoms. The highest BCUT2D eigenvalue weighted by Gasteiger charge is 2.11. The minimum absolute atomic E-state index is 0.0360. The fraction of sp³-hybridized carbons (Fsp3) is 0.455. The van der Waals surface area contributed by atoms with Crippen molar-refractivity contribution < 1.29 is 4.42 Å². The number of hydrogen-bond acceptors (Lipinski definition) is 4. The maximum absolute atomic E-state index is 5.60. The van der Waals surface area contributed by atoms with Crippen molar-refractivity contribution in [3.63, 3.8) is 0 Å². The van der Waals surface area contributed by atoms with Crippen molar-refractivity contribution >= 4 is 11.9 Å². The molecule has 0 spiro atoms. The van der Waals surface area contributed by atoms with Gasteiger partial charge in [0.25, 0.3) is 0 Å². The number of guanidine groups is 2. The van der Waals surface area contributed by atoms with Crippen LogP contribution < -0.4 is 16.4 Å². The fourth-order valence-corrected chi connectivity index (χ4v) is 1.64. The first-order valence-corrected chi connectivity index (χ1v) is 5.59. The molecule has 1 aliphatic heterocycles. The Balaban J connectivity index is 1.87. The molecule has 4 N–H and O–H groups in total. The van der Waals surface area contributed by atoms with Crippen molar-refractivity contribution in [2.24, 2.45) is 15.7 Å². The van der Waals surface area contributed by atoms with E-state index in [0.717, 1.165) is 17.7 Å². The fourth-order valence-electron chi connectivity index (χ4n) is 1.64. The number of furan rings is 1. The van der Waals surface area contributed by atoms with Gasteiger partial charge < -0.3 is 15.5 Å². The Hall–Kier alpha value is -1.98. The monoisotopic (exact) mass is 235 g/mol. The van der Waals surface area contributed by atoms with Gasteiger partial charge in [0, 0.05) is 6.54 Å². The van der Waals surface area contributed by atoms with Gasteiger partial charge >= 0.3 is 0 Å². The van der Waals surface area contributed by atoms with Gasteiger partial charge in [-0.2, -0.15) is 0 Å². The SMILES string of the molecule is Cc1cc(CCN=C2NC(N)=NC(C)N2)co1. The largest absolute Gasteiger partial charge is 0.469 e. The highest BCUT2D eigenvalue weighted by Crippen LogP contribution is 2.06. The van der Waals surface area contributed by atoms with Crippen LogP contribution in [0.3, 0.4) is 0 Å². The second kappa shape index (κ2) is 4.90. The average molecular weight is 235 g/mol. The Bertz CT molecular complexity index is 448. The third-order valence-corrected chi connectivity index (χ3v) is 2.38. The van der Waals surface area contributed by atoms with Crippen LogP contribution in [0.2, 0.25) is 0 Å². The number of aryl methyl sites for hydroxylation is 1. The number of nitrogens with two attached hydrogens (primary N) is 1. The molecule has 0 saturated carbocycles. The van der Waals surface area contributed by atoms with Crippen molar-refractivity contribution in [2.75, 3.05) is 6.54 Å². The Morgan fingerprint density at radius 1 is 1.59 bits per heavy atom. The number of nitrogens with one attached hydrogen (secondary N) is 2. The molecular formula is C11H17N5O. The molecular weight excluding hydrogens is 218 g/mol. The van der Waals surface area contributed by atoms with Crippen LogP contribution in [0.15, 0.2) is 26.7 Å². The van der Waals surface area contributed by atoms with Crippen molar-refractivity contribution in [1.82, 2.24) is 10.6 Å². The van der Waals surface area contributed by atoms with Gasteiger partial charge in [0.1, 0.15) is 11.9 Å². The Labute approximate surface area is 100 Å². The van der Waals surface area contributed by atoms with E-state index in [-0.39, 0.29) is 6.17 Å². The zero-order valence-corrected chi connectivity index (χ0v) is 10.0. The van der Waals surface area contributed by atoms with Crippen LogP contribution >= 0.6 is 0 Å². The van der Waals surface area contributed by atoms with E-state index in [1.165, 1.54) is 0 Å². The van der Waals surface area contributed by atoms with Crippen LogP contribution in [0.4, 0.5) is 0 Å². The summed E-state index contributed by atoms with van der Waals surface area (Å²) < 4.78 is 5.22. The summed E-state index contributed by atoms with van der Waals surface area (Å²) in [6.07, 6.45) is 2.57. The van der Waals surface area contributed by atoms with Crippen LogP contribution in [0, 0.1) is 6.92 Å². The van der Waals surface area contributed by atoms with Crippen LogP contribution in [0.1, 0.15) is 18.2 Å². The lowest BCUT2D eigenvalue weighted by molar-refractivity contribution is 0.531. The lowest BCUT2D eigenvalue weighted by Crippen LogP contribution is -2.52. The lowest BCUT2D eigenvalue weighted by atomic mass is 10.2. The molecule has 0 radical (unpaired) electrons. The predicted molar refractivity (Wildman–Crippen MR) is 66.8 cm³/mol. The van der Waals surface area contributed by atoms with Crippen molar-refractivity contribution in [2.45, 2.75) is 26.4 Å². The first-order chi connectivity index (χ1) is 8.13. The summed E-state index contributed by atoms with van der Waals surface area (Å²) in [5, 5.41) is 5.97. The van der Waals surface area contributed by atoms with Gasteiger partial charge in [0.2, 0.25) is 0 Å². The van der Waals surface area contributed by atoms with Crippen LogP contribution in [-0.2, 0) is 6.42 Å². The van der Waals surface area contributed by atoms with Crippen molar-refractivity contribution in [1.29, 1.82) is 0 Å². The van der Waals surface area contributed by atoms with Gasteiger partial charge in [0.15, 0.2) is 11.9 Å². The summed E-state index contributed by atoms with van der Waals surface area (Å²) in [5.41, 5.74) is 6.76. The van der Waals surface area contributed by atoms with Gasteiger partial charge in [-0.25, -0.2) is 4.99 Å². The van der Waals surface area contributed by atoms with Crippen LogP contribution in [0.25, 0.3) is 0 Å². The number of hydrogen-bond donors (Lipinski definition) is 3. The molecule has 0 fully saturated rings. The summed E-state index contributed by atoms with van der Waals surface area (Å²) in [5.74, 6) is 1.99.